The minimum absolute atomic E-state index is 0.149. The maximum atomic E-state index is 11.8. The fraction of sp³-hybridized carbons (Fsp3) is 0.188. The van der Waals surface area contributed by atoms with E-state index in [4.69, 9.17) is 0 Å². The van der Waals surface area contributed by atoms with Crippen LogP contribution in [0.15, 0.2) is 48.7 Å². The van der Waals surface area contributed by atoms with Gasteiger partial charge in [0.2, 0.25) is 11.9 Å². The molecule has 1 N–H and O–H groups in total. The van der Waals surface area contributed by atoms with Gasteiger partial charge in [0.25, 0.3) is 0 Å². The molecule has 21 heavy (non-hydrogen) atoms. The fourth-order valence-electron chi connectivity index (χ4n) is 1.67. The molecule has 0 aliphatic heterocycles. The van der Waals surface area contributed by atoms with E-state index in [1.807, 2.05) is 49.3 Å². The number of nitrogens with one attached hydrogen (secondary N) is 1. The Morgan fingerprint density at radius 2 is 2.00 bits per heavy atom. The summed E-state index contributed by atoms with van der Waals surface area (Å²) in [6.07, 6.45) is 4.98. The third-order valence-electron chi connectivity index (χ3n) is 2.77. The van der Waals surface area contributed by atoms with E-state index in [0.717, 1.165) is 11.3 Å². The lowest BCUT2D eigenvalue weighted by Crippen LogP contribution is -2.22. The molecular weight excluding hydrogens is 264 g/mol. The second-order valence-electron chi connectivity index (χ2n) is 4.70. The Morgan fingerprint density at radius 1 is 1.24 bits per heavy atom. The van der Waals surface area contributed by atoms with Crippen molar-refractivity contribution in [2.24, 2.45) is 0 Å². The fourth-order valence-corrected chi connectivity index (χ4v) is 1.67. The maximum absolute atomic E-state index is 11.8. The third kappa shape index (κ3) is 4.72. The highest BCUT2D eigenvalue weighted by Crippen LogP contribution is 2.03. The summed E-state index contributed by atoms with van der Waals surface area (Å²) in [4.78, 5) is 22.0. The first-order valence-electron chi connectivity index (χ1n) is 6.65. The van der Waals surface area contributed by atoms with Gasteiger partial charge in [-0.2, -0.15) is 0 Å². The molecule has 0 aliphatic rings. The molecule has 5 heteroatoms. The van der Waals surface area contributed by atoms with Gasteiger partial charge in [-0.1, -0.05) is 30.3 Å². The number of hydrogen-bond donors (Lipinski definition) is 1. The summed E-state index contributed by atoms with van der Waals surface area (Å²) >= 11 is 0. The van der Waals surface area contributed by atoms with Gasteiger partial charge in [-0.25, -0.2) is 9.97 Å². The van der Waals surface area contributed by atoms with E-state index in [9.17, 15) is 4.79 Å². The average Bonchev–Trinajstić information content (AvgIpc) is 2.52. The van der Waals surface area contributed by atoms with Crippen LogP contribution in [0.25, 0.3) is 6.08 Å². The van der Waals surface area contributed by atoms with Crippen LogP contribution in [-0.2, 0) is 11.3 Å². The molecule has 1 aromatic heterocycles. The van der Waals surface area contributed by atoms with Crippen LogP contribution in [0.1, 0.15) is 11.3 Å². The van der Waals surface area contributed by atoms with Crippen LogP contribution in [0, 0.1) is 0 Å². The lowest BCUT2D eigenvalue weighted by molar-refractivity contribution is -0.116. The number of amides is 1. The van der Waals surface area contributed by atoms with Gasteiger partial charge in [-0.3, -0.25) is 4.79 Å². The number of hydrogen-bond acceptors (Lipinski definition) is 4. The first-order valence-corrected chi connectivity index (χ1v) is 6.65. The minimum atomic E-state index is -0.149. The van der Waals surface area contributed by atoms with Gasteiger partial charge in [0.1, 0.15) is 0 Å². The topological polar surface area (TPSA) is 58.1 Å². The summed E-state index contributed by atoms with van der Waals surface area (Å²) in [6.45, 7) is 0.376. The normalized spacial score (nSPS) is 10.6. The Labute approximate surface area is 124 Å². The lowest BCUT2D eigenvalue weighted by atomic mass is 10.2. The number of rotatable bonds is 5. The Bertz CT molecular complexity index is 623. The summed E-state index contributed by atoms with van der Waals surface area (Å²) in [7, 11) is 3.75. The zero-order valence-corrected chi connectivity index (χ0v) is 12.2. The number of carbonyl (C=O) groups is 1. The standard InChI is InChI=1S/C16H18N4O/c1-20(2)16-17-11-10-14(19-16)12-18-15(21)9-8-13-6-4-3-5-7-13/h3-11H,12H2,1-2H3,(H,18,21). The SMILES string of the molecule is CN(C)c1nccc(CNC(=O)C=Cc2ccccc2)n1. The number of nitrogens with zero attached hydrogens (tertiary/aromatic N) is 3. The van der Waals surface area contributed by atoms with E-state index in [-0.39, 0.29) is 5.91 Å². The van der Waals surface area contributed by atoms with Crippen molar-refractivity contribution in [1.29, 1.82) is 0 Å². The summed E-state index contributed by atoms with van der Waals surface area (Å²) in [5.41, 5.74) is 1.76. The van der Waals surface area contributed by atoms with E-state index in [1.165, 1.54) is 6.08 Å². The predicted octanol–water partition coefficient (Wildman–Crippen LogP) is 1.87. The molecule has 2 aromatic rings. The third-order valence-corrected chi connectivity index (χ3v) is 2.77. The molecule has 5 nitrogen and oxygen atoms in total. The van der Waals surface area contributed by atoms with Crippen molar-refractivity contribution >= 4 is 17.9 Å². The van der Waals surface area contributed by atoms with Crippen molar-refractivity contribution in [2.75, 3.05) is 19.0 Å². The van der Waals surface area contributed by atoms with Crippen LogP contribution in [0.5, 0.6) is 0 Å². The van der Waals surface area contributed by atoms with Crippen LogP contribution in [0.3, 0.4) is 0 Å². The van der Waals surface area contributed by atoms with Crippen molar-refractivity contribution in [3.05, 3.63) is 59.9 Å². The molecular formula is C16H18N4O. The highest BCUT2D eigenvalue weighted by atomic mass is 16.1. The largest absolute Gasteiger partial charge is 0.347 e. The molecule has 0 aliphatic carbocycles. The molecule has 0 saturated heterocycles. The van der Waals surface area contributed by atoms with Crippen molar-refractivity contribution in [2.45, 2.75) is 6.54 Å². The van der Waals surface area contributed by atoms with E-state index in [0.29, 0.717) is 12.5 Å². The second kappa shape index (κ2) is 7.19. The summed E-state index contributed by atoms with van der Waals surface area (Å²) in [5.74, 6) is 0.477. The highest BCUT2D eigenvalue weighted by molar-refractivity contribution is 5.91. The quantitative estimate of drug-likeness (QED) is 0.851. The van der Waals surface area contributed by atoms with Crippen molar-refractivity contribution in [3.8, 4) is 0 Å². The highest BCUT2D eigenvalue weighted by Gasteiger charge is 2.02. The Balaban J connectivity index is 1.89. The number of anilines is 1. The molecule has 0 radical (unpaired) electrons. The van der Waals surface area contributed by atoms with Crippen LogP contribution in [-0.4, -0.2) is 30.0 Å². The maximum Gasteiger partial charge on any atom is 0.244 e. The van der Waals surface area contributed by atoms with Gasteiger partial charge in [0, 0.05) is 26.4 Å². The predicted molar refractivity (Wildman–Crippen MR) is 83.7 cm³/mol. The van der Waals surface area contributed by atoms with Gasteiger partial charge in [-0.05, 0) is 17.7 Å². The first-order chi connectivity index (χ1) is 10.1. The van der Waals surface area contributed by atoms with Crippen molar-refractivity contribution in [3.63, 3.8) is 0 Å². The van der Waals surface area contributed by atoms with Gasteiger partial charge in [0.05, 0.1) is 12.2 Å². The summed E-state index contributed by atoms with van der Waals surface area (Å²) < 4.78 is 0. The molecule has 108 valence electrons. The van der Waals surface area contributed by atoms with E-state index in [2.05, 4.69) is 15.3 Å². The van der Waals surface area contributed by atoms with Gasteiger partial charge < -0.3 is 10.2 Å². The molecule has 1 aromatic carbocycles. The molecule has 0 atom stereocenters. The van der Waals surface area contributed by atoms with E-state index >= 15 is 0 Å². The van der Waals surface area contributed by atoms with E-state index in [1.54, 1.807) is 18.3 Å². The molecule has 0 saturated carbocycles. The van der Waals surface area contributed by atoms with Crippen molar-refractivity contribution in [1.82, 2.24) is 15.3 Å². The summed E-state index contributed by atoms with van der Waals surface area (Å²) in [5, 5.41) is 2.80. The second-order valence-corrected chi connectivity index (χ2v) is 4.70. The van der Waals surface area contributed by atoms with Gasteiger partial charge in [0.15, 0.2) is 0 Å². The van der Waals surface area contributed by atoms with Crippen LogP contribution < -0.4 is 10.2 Å². The van der Waals surface area contributed by atoms with Gasteiger partial charge >= 0.3 is 0 Å². The Morgan fingerprint density at radius 3 is 2.71 bits per heavy atom. The first kappa shape index (κ1) is 14.7. The number of carbonyl (C=O) groups excluding carboxylic acids is 1. The molecule has 1 amide bonds. The van der Waals surface area contributed by atoms with Crippen LogP contribution in [0.2, 0.25) is 0 Å². The number of benzene rings is 1. The van der Waals surface area contributed by atoms with E-state index < -0.39 is 0 Å². The lowest BCUT2D eigenvalue weighted by Gasteiger charge is -2.10. The Hall–Kier alpha value is -2.69. The van der Waals surface area contributed by atoms with Crippen LogP contribution >= 0.6 is 0 Å². The molecule has 0 fully saturated rings. The monoisotopic (exact) mass is 282 g/mol. The average molecular weight is 282 g/mol. The zero-order valence-electron chi connectivity index (χ0n) is 12.2. The number of aromatic nitrogens is 2. The molecule has 2 rings (SSSR count). The zero-order chi connectivity index (χ0) is 15.1. The van der Waals surface area contributed by atoms with Crippen molar-refractivity contribution < 1.29 is 4.79 Å². The smallest absolute Gasteiger partial charge is 0.244 e. The Kier molecular flexibility index (Phi) is 5.04. The van der Waals surface area contributed by atoms with Gasteiger partial charge in [-0.15, -0.1) is 0 Å². The molecule has 1 heterocycles. The molecule has 0 unspecified atom stereocenters. The molecule has 0 bridgehead atoms. The molecule has 0 spiro atoms. The minimum Gasteiger partial charge on any atom is -0.347 e. The van der Waals surface area contributed by atoms with Crippen LogP contribution in [0.4, 0.5) is 5.95 Å². The summed E-state index contributed by atoms with van der Waals surface area (Å²) in [6, 6.07) is 11.5.